The lowest BCUT2D eigenvalue weighted by atomic mass is 10.3. The van der Waals surface area contributed by atoms with Crippen molar-refractivity contribution < 1.29 is 23.0 Å². The molecule has 0 spiro atoms. The summed E-state index contributed by atoms with van der Waals surface area (Å²) in [5.74, 6) is -0.378. The molecule has 9 heteroatoms. The number of hydrogen-bond acceptors (Lipinski definition) is 6. The molecule has 1 aliphatic rings. The number of carbonyl (C=O) groups is 1. The van der Waals surface area contributed by atoms with Gasteiger partial charge in [-0.05, 0) is 0 Å². The Morgan fingerprint density at radius 3 is 2.80 bits per heavy atom. The lowest BCUT2D eigenvalue weighted by Gasteiger charge is -2.04. The maximum Gasteiger partial charge on any atom is 0.586 e. The van der Waals surface area contributed by atoms with Crippen molar-refractivity contribution in [3.05, 3.63) is 12.1 Å². The van der Waals surface area contributed by atoms with Crippen LogP contribution in [-0.4, -0.2) is 23.7 Å². The fraction of sp³-hybridized carbons (Fsp3) is 0.273. The number of nitrogens with two attached hydrogens (primary N) is 1. The van der Waals surface area contributed by atoms with Crippen LogP contribution in [0.5, 0.6) is 11.5 Å². The highest BCUT2D eigenvalue weighted by Crippen LogP contribution is 2.44. The summed E-state index contributed by atoms with van der Waals surface area (Å²) in [6.07, 6.45) is -3.46. The van der Waals surface area contributed by atoms with Crippen LogP contribution in [0.25, 0.3) is 10.2 Å². The van der Waals surface area contributed by atoms with Gasteiger partial charge in [0.15, 0.2) is 16.6 Å². The van der Waals surface area contributed by atoms with Crippen LogP contribution in [0.2, 0.25) is 0 Å². The minimum Gasteiger partial charge on any atom is -0.395 e. The SMILES string of the molecule is NCCC(=O)Nc1nc2cc3c(cc2s1)OC(F)(F)O3. The van der Waals surface area contributed by atoms with Gasteiger partial charge < -0.3 is 20.5 Å². The summed E-state index contributed by atoms with van der Waals surface area (Å²) >= 11 is 1.15. The molecule has 20 heavy (non-hydrogen) atoms. The number of carbonyl (C=O) groups excluding carboxylic acids is 1. The highest BCUT2D eigenvalue weighted by molar-refractivity contribution is 7.22. The maximum atomic E-state index is 12.9. The zero-order valence-electron chi connectivity index (χ0n) is 9.98. The number of thiazole rings is 1. The van der Waals surface area contributed by atoms with Crippen molar-refractivity contribution in [2.45, 2.75) is 12.7 Å². The van der Waals surface area contributed by atoms with E-state index >= 15 is 0 Å². The minimum absolute atomic E-state index is 0.0500. The third-order valence-corrected chi connectivity index (χ3v) is 3.46. The van der Waals surface area contributed by atoms with E-state index in [-0.39, 0.29) is 30.4 Å². The van der Waals surface area contributed by atoms with Crippen molar-refractivity contribution in [2.75, 3.05) is 11.9 Å². The van der Waals surface area contributed by atoms with Gasteiger partial charge in [0.05, 0.1) is 10.2 Å². The monoisotopic (exact) mass is 301 g/mol. The molecule has 1 amide bonds. The third-order valence-electron chi connectivity index (χ3n) is 2.53. The molecule has 3 N–H and O–H groups in total. The molecular weight excluding hydrogens is 292 g/mol. The second kappa shape index (κ2) is 4.53. The molecule has 2 aromatic rings. The van der Waals surface area contributed by atoms with E-state index < -0.39 is 6.29 Å². The minimum atomic E-state index is -3.65. The summed E-state index contributed by atoms with van der Waals surface area (Å²) in [5.41, 5.74) is 5.71. The molecule has 1 aromatic carbocycles. The first-order valence-electron chi connectivity index (χ1n) is 5.67. The summed E-state index contributed by atoms with van der Waals surface area (Å²) in [6, 6.07) is 2.75. The van der Waals surface area contributed by atoms with Gasteiger partial charge in [-0.3, -0.25) is 4.79 Å². The molecule has 2 heterocycles. The van der Waals surface area contributed by atoms with Crippen molar-refractivity contribution in [2.24, 2.45) is 5.73 Å². The topological polar surface area (TPSA) is 86.5 Å². The summed E-state index contributed by atoms with van der Waals surface area (Å²) < 4.78 is 35.1. The predicted octanol–water partition coefficient (Wildman–Crippen LogP) is 1.91. The van der Waals surface area contributed by atoms with Gasteiger partial charge in [0.25, 0.3) is 0 Å². The predicted molar refractivity (Wildman–Crippen MR) is 68.1 cm³/mol. The number of nitrogens with zero attached hydrogens (tertiary/aromatic N) is 1. The van der Waals surface area contributed by atoms with Crippen molar-refractivity contribution in [1.82, 2.24) is 4.98 Å². The molecule has 0 atom stereocenters. The first-order valence-corrected chi connectivity index (χ1v) is 6.49. The Morgan fingerprint density at radius 2 is 2.10 bits per heavy atom. The number of nitrogens with one attached hydrogen (secondary N) is 1. The molecule has 1 aromatic heterocycles. The van der Waals surface area contributed by atoms with Crippen LogP contribution in [0.15, 0.2) is 12.1 Å². The lowest BCUT2D eigenvalue weighted by molar-refractivity contribution is -0.286. The molecule has 0 saturated heterocycles. The largest absolute Gasteiger partial charge is 0.586 e. The number of benzene rings is 1. The van der Waals surface area contributed by atoms with E-state index in [2.05, 4.69) is 19.8 Å². The first kappa shape index (κ1) is 13.0. The fourth-order valence-electron chi connectivity index (χ4n) is 1.74. The molecule has 0 bridgehead atoms. The van der Waals surface area contributed by atoms with Crippen LogP contribution >= 0.6 is 11.3 Å². The molecule has 1 aliphatic heterocycles. The molecule has 106 valence electrons. The number of amides is 1. The molecule has 0 aliphatic carbocycles. The Morgan fingerprint density at radius 1 is 1.40 bits per heavy atom. The fourth-order valence-corrected chi connectivity index (χ4v) is 2.63. The molecule has 0 saturated carbocycles. The number of ether oxygens (including phenoxy) is 2. The zero-order chi connectivity index (χ0) is 14.3. The van der Waals surface area contributed by atoms with Crippen LogP contribution in [-0.2, 0) is 4.79 Å². The Hall–Kier alpha value is -2.00. The molecular formula is C11H9F2N3O3S. The summed E-state index contributed by atoms with van der Waals surface area (Å²) in [6.45, 7) is 0.238. The molecule has 0 unspecified atom stereocenters. The zero-order valence-corrected chi connectivity index (χ0v) is 10.8. The van der Waals surface area contributed by atoms with Gasteiger partial charge in [0.2, 0.25) is 5.91 Å². The van der Waals surface area contributed by atoms with Gasteiger partial charge in [-0.25, -0.2) is 4.98 Å². The Kier molecular flexibility index (Phi) is 2.94. The molecule has 3 rings (SSSR count). The maximum absolute atomic E-state index is 12.9. The highest BCUT2D eigenvalue weighted by Gasteiger charge is 2.43. The third kappa shape index (κ3) is 2.37. The highest BCUT2D eigenvalue weighted by atomic mass is 32.1. The van der Waals surface area contributed by atoms with Crippen LogP contribution in [0.3, 0.4) is 0 Å². The van der Waals surface area contributed by atoms with E-state index in [1.807, 2.05) is 0 Å². The second-order valence-electron chi connectivity index (χ2n) is 4.04. The van der Waals surface area contributed by atoms with Crippen LogP contribution in [0.1, 0.15) is 6.42 Å². The van der Waals surface area contributed by atoms with Crippen LogP contribution in [0.4, 0.5) is 13.9 Å². The Balaban J connectivity index is 1.89. The summed E-state index contributed by atoms with van der Waals surface area (Å²) in [5, 5.41) is 2.95. The van der Waals surface area contributed by atoms with Gasteiger partial charge in [-0.1, -0.05) is 11.3 Å². The van der Waals surface area contributed by atoms with E-state index in [1.165, 1.54) is 12.1 Å². The normalized spacial score (nSPS) is 15.6. The van der Waals surface area contributed by atoms with Crippen LogP contribution in [0, 0.1) is 0 Å². The quantitative estimate of drug-likeness (QED) is 0.904. The molecule has 0 radical (unpaired) electrons. The van der Waals surface area contributed by atoms with Crippen molar-refractivity contribution in [3.8, 4) is 11.5 Å². The van der Waals surface area contributed by atoms with Crippen LogP contribution < -0.4 is 20.5 Å². The average Bonchev–Trinajstić information content (AvgIpc) is 2.82. The molecule has 0 fully saturated rings. The average molecular weight is 301 g/mol. The van der Waals surface area contributed by atoms with E-state index in [9.17, 15) is 13.6 Å². The smallest absolute Gasteiger partial charge is 0.395 e. The lowest BCUT2D eigenvalue weighted by Crippen LogP contribution is -2.25. The van der Waals surface area contributed by atoms with E-state index in [0.29, 0.717) is 15.3 Å². The Bertz CT molecular complexity index is 644. The van der Waals surface area contributed by atoms with Crippen molar-refractivity contribution in [1.29, 1.82) is 0 Å². The van der Waals surface area contributed by atoms with Crippen molar-refractivity contribution in [3.63, 3.8) is 0 Å². The summed E-state index contributed by atoms with van der Waals surface area (Å²) in [7, 11) is 0. The standard InChI is InChI=1S/C11H9F2N3O3S/c12-11(13)18-6-3-5-8(4-7(6)19-11)20-10(15-5)16-9(17)1-2-14/h3-4H,1-2,14H2,(H,15,16,17). The van der Waals surface area contributed by atoms with Gasteiger partial charge in [-0.15, -0.1) is 8.78 Å². The van der Waals surface area contributed by atoms with Gasteiger partial charge in [0.1, 0.15) is 0 Å². The number of hydrogen-bond donors (Lipinski definition) is 2. The second-order valence-corrected chi connectivity index (χ2v) is 5.07. The number of fused-ring (bicyclic) bond motifs is 2. The number of rotatable bonds is 3. The van der Waals surface area contributed by atoms with E-state index in [1.54, 1.807) is 0 Å². The van der Waals surface area contributed by atoms with Gasteiger partial charge in [-0.2, -0.15) is 0 Å². The number of alkyl halides is 2. The van der Waals surface area contributed by atoms with E-state index in [0.717, 1.165) is 11.3 Å². The summed E-state index contributed by atoms with van der Waals surface area (Å²) in [4.78, 5) is 15.5. The number of anilines is 1. The first-order chi connectivity index (χ1) is 9.47. The number of halogens is 2. The van der Waals surface area contributed by atoms with Crippen molar-refractivity contribution >= 4 is 32.6 Å². The van der Waals surface area contributed by atoms with Gasteiger partial charge >= 0.3 is 6.29 Å². The number of aromatic nitrogens is 1. The molecule has 6 nitrogen and oxygen atoms in total. The van der Waals surface area contributed by atoms with Gasteiger partial charge in [0, 0.05) is 25.1 Å². The Labute approximate surface area is 115 Å². The van der Waals surface area contributed by atoms with E-state index in [4.69, 9.17) is 5.73 Å².